The first-order valence-corrected chi connectivity index (χ1v) is 5.87. The van der Waals surface area contributed by atoms with Gasteiger partial charge < -0.3 is 4.74 Å². The minimum absolute atomic E-state index is 0.113. The van der Waals surface area contributed by atoms with Crippen molar-refractivity contribution in [3.8, 4) is 10.6 Å². The van der Waals surface area contributed by atoms with Gasteiger partial charge in [0, 0.05) is 17.1 Å². The highest BCUT2D eigenvalue weighted by Crippen LogP contribution is 2.29. The third-order valence-corrected chi connectivity index (χ3v) is 3.09. The minimum Gasteiger partial charge on any atom is -0.464 e. The van der Waals surface area contributed by atoms with Gasteiger partial charge in [0.1, 0.15) is 10.7 Å². The number of nitrogens with zero attached hydrogens (tertiary/aromatic N) is 2. The summed E-state index contributed by atoms with van der Waals surface area (Å²) >= 11 is 1.13. The highest BCUT2D eigenvalue weighted by atomic mass is 32.1. The summed E-state index contributed by atoms with van der Waals surface area (Å²) in [6.45, 7) is 0. The van der Waals surface area contributed by atoms with Gasteiger partial charge in [0.2, 0.25) is 0 Å². The zero-order valence-electron chi connectivity index (χ0n) is 9.56. The molecule has 0 saturated heterocycles. The standard InChI is InChI=1S/C11H7F3N2O2S/c1-18-10(17)7-5-19-9(16-7)6-2-3-8(15-4-6)11(12,13)14/h2-5H,1H3. The molecule has 19 heavy (non-hydrogen) atoms. The van der Waals surface area contributed by atoms with Crippen LogP contribution in [0.15, 0.2) is 23.7 Å². The molecule has 4 nitrogen and oxygen atoms in total. The van der Waals surface area contributed by atoms with Gasteiger partial charge in [-0.15, -0.1) is 11.3 Å². The van der Waals surface area contributed by atoms with Crippen molar-refractivity contribution in [3.05, 3.63) is 35.1 Å². The van der Waals surface area contributed by atoms with E-state index in [1.807, 2.05) is 0 Å². The van der Waals surface area contributed by atoms with Crippen LogP contribution in [0.3, 0.4) is 0 Å². The average molecular weight is 288 g/mol. The molecule has 0 amide bonds. The molecule has 2 aromatic heterocycles. The fourth-order valence-corrected chi connectivity index (χ4v) is 2.07. The number of hydrogen-bond acceptors (Lipinski definition) is 5. The number of carbonyl (C=O) groups is 1. The van der Waals surface area contributed by atoms with Gasteiger partial charge in [0.05, 0.1) is 7.11 Å². The molecule has 0 aliphatic carbocycles. The fraction of sp³-hybridized carbons (Fsp3) is 0.182. The lowest BCUT2D eigenvalue weighted by molar-refractivity contribution is -0.141. The summed E-state index contributed by atoms with van der Waals surface area (Å²) in [4.78, 5) is 18.5. The van der Waals surface area contributed by atoms with Crippen molar-refractivity contribution in [2.75, 3.05) is 7.11 Å². The highest BCUT2D eigenvalue weighted by Gasteiger charge is 2.32. The van der Waals surface area contributed by atoms with Gasteiger partial charge in [-0.3, -0.25) is 4.98 Å². The van der Waals surface area contributed by atoms with E-state index in [1.165, 1.54) is 18.6 Å². The molecule has 2 heterocycles. The number of esters is 1. The number of thiazole rings is 1. The Morgan fingerprint density at radius 2 is 2.11 bits per heavy atom. The van der Waals surface area contributed by atoms with Crippen LogP contribution in [-0.2, 0) is 10.9 Å². The van der Waals surface area contributed by atoms with Crippen LogP contribution < -0.4 is 0 Å². The van der Waals surface area contributed by atoms with Gasteiger partial charge in [0.25, 0.3) is 0 Å². The number of pyridine rings is 1. The molecule has 0 N–H and O–H groups in total. The molecule has 0 unspecified atom stereocenters. The number of methoxy groups -OCH3 is 1. The second-order valence-corrected chi connectivity index (χ2v) is 4.32. The summed E-state index contributed by atoms with van der Waals surface area (Å²) in [6, 6.07) is 2.13. The SMILES string of the molecule is COC(=O)c1csc(-c2ccc(C(F)(F)F)nc2)n1. The third kappa shape index (κ3) is 2.90. The van der Waals surface area contributed by atoms with E-state index < -0.39 is 17.8 Å². The molecular weight excluding hydrogens is 281 g/mol. The Bertz CT molecular complexity index is 593. The maximum atomic E-state index is 12.3. The predicted molar refractivity (Wildman–Crippen MR) is 61.7 cm³/mol. The summed E-state index contributed by atoms with van der Waals surface area (Å²) in [7, 11) is 1.22. The molecule has 8 heteroatoms. The van der Waals surface area contributed by atoms with Crippen LogP contribution in [0, 0.1) is 0 Å². The van der Waals surface area contributed by atoms with Gasteiger partial charge in [0.15, 0.2) is 5.69 Å². The molecule has 0 bridgehead atoms. The topological polar surface area (TPSA) is 52.1 Å². The first-order valence-electron chi connectivity index (χ1n) is 4.99. The van der Waals surface area contributed by atoms with Crippen LogP contribution in [0.5, 0.6) is 0 Å². The maximum Gasteiger partial charge on any atom is 0.433 e. The van der Waals surface area contributed by atoms with E-state index in [-0.39, 0.29) is 5.69 Å². The first kappa shape index (κ1) is 13.5. The first-order chi connectivity index (χ1) is 8.91. The second-order valence-electron chi connectivity index (χ2n) is 3.46. The molecule has 0 aliphatic heterocycles. The van der Waals surface area contributed by atoms with Crippen LogP contribution in [0.4, 0.5) is 13.2 Å². The Labute approximate surface area is 109 Å². The minimum atomic E-state index is -4.47. The summed E-state index contributed by atoms with van der Waals surface area (Å²) in [5, 5.41) is 1.88. The van der Waals surface area contributed by atoms with Crippen LogP contribution in [0.25, 0.3) is 10.6 Å². The fourth-order valence-electron chi connectivity index (χ4n) is 1.29. The lowest BCUT2D eigenvalue weighted by atomic mass is 10.2. The third-order valence-electron chi connectivity index (χ3n) is 2.20. The van der Waals surface area contributed by atoms with Crippen LogP contribution in [0.1, 0.15) is 16.2 Å². The normalized spacial score (nSPS) is 11.4. The van der Waals surface area contributed by atoms with Gasteiger partial charge in [-0.05, 0) is 12.1 Å². The van der Waals surface area contributed by atoms with Crippen LogP contribution in [-0.4, -0.2) is 23.0 Å². The molecule has 0 aromatic carbocycles. The van der Waals surface area contributed by atoms with Crippen molar-refractivity contribution in [1.82, 2.24) is 9.97 Å². The van der Waals surface area contributed by atoms with Crippen LogP contribution >= 0.6 is 11.3 Å². The van der Waals surface area contributed by atoms with Crippen molar-refractivity contribution < 1.29 is 22.7 Å². The maximum absolute atomic E-state index is 12.3. The summed E-state index contributed by atoms with van der Waals surface area (Å²) in [6.07, 6.45) is -3.40. The zero-order valence-corrected chi connectivity index (χ0v) is 10.4. The predicted octanol–water partition coefficient (Wildman–Crippen LogP) is 3.01. The largest absolute Gasteiger partial charge is 0.464 e. The van der Waals surface area contributed by atoms with E-state index in [1.54, 1.807) is 0 Å². The molecule has 0 atom stereocenters. The van der Waals surface area contributed by atoms with Crippen molar-refractivity contribution in [2.45, 2.75) is 6.18 Å². The number of rotatable bonds is 2. The van der Waals surface area contributed by atoms with Crippen molar-refractivity contribution in [1.29, 1.82) is 0 Å². The Kier molecular flexibility index (Phi) is 3.52. The molecule has 0 saturated carbocycles. The lowest BCUT2D eigenvalue weighted by Crippen LogP contribution is -2.07. The zero-order chi connectivity index (χ0) is 14.0. The quantitative estimate of drug-likeness (QED) is 0.797. The average Bonchev–Trinajstić information content (AvgIpc) is 2.86. The number of alkyl halides is 3. The summed E-state index contributed by atoms with van der Waals surface area (Å²) in [5.74, 6) is -0.595. The van der Waals surface area contributed by atoms with E-state index in [9.17, 15) is 18.0 Å². The lowest BCUT2D eigenvalue weighted by Gasteiger charge is -2.05. The van der Waals surface area contributed by atoms with Gasteiger partial charge in [-0.1, -0.05) is 0 Å². The number of carbonyl (C=O) groups excluding carboxylic acids is 1. The van der Waals surface area contributed by atoms with Crippen molar-refractivity contribution in [2.24, 2.45) is 0 Å². The van der Waals surface area contributed by atoms with Crippen LogP contribution in [0.2, 0.25) is 0 Å². The van der Waals surface area contributed by atoms with E-state index in [2.05, 4.69) is 14.7 Å². The smallest absolute Gasteiger partial charge is 0.433 e. The second kappa shape index (κ2) is 4.96. The Morgan fingerprint density at radius 1 is 1.37 bits per heavy atom. The Hall–Kier alpha value is -1.96. The summed E-state index contributed by atoms with van der Waals surface area (Å²) < 4.78 is 41.5. The highest BCUT2D eigenvalue weighted by molar-refractivity contribution is 7.13. The molecule has 0 spiro atoms. The van der Waals surface area contributed by atoms with E-state index in [0.29, 0.717) is 10.6 Å². The number of hydrogen-bond donors (Lipinski definition) is 0. The van der Waals surface area contributed by atoms with Crippen molar-refractivity contribution in [3.63, 3.8) is 0 Å². The Balaban J connectivity index is 2.28. The van der Waals surface area contributed by atoms with E-state index in [0.717, 1.165) is 23.6 Å². The monoisotopic (exact) mass is 288 g/mol. The number of aromatic nitrogens is 2. The molecular formula is C11H7F3N2O2S. The van der Waals surface area contributed by atoms with Gasteiger partial charge in [-0.2, -0.15) is 13.2 Å². The van der Waals surface area contributed by atoms with E-state index in [4.69, 9.17) is 0 Å². The Morgan fingerprint density at radius 3 is 2.63 bits per heavy atom. The molecule has 100 valence electrons. The number of ether oxygens (including phenoxy) is 1. The molecule has 0 aliphatic rings. The van der Waals surface area contributed by atoms with Crippen molar-refractivity contribution >= 4 is 17.3 Å². The van der Waals surface area contributed by atoms with Gasteiger partial charge in [-0.25, -0.2) is 9.78 Å². The molecule has 0 fully saturated rings. The summed E-state index contributed by atoms with van der Waals surface area (Å²) in [5.41, 5.74) is -0.448. The van der Waals surface area contributed by atoms with Gasteiger partial charge >= 0.3 is 12.1 Å². The molecule has 2 aromatic rings. The number of halogens is 3. The molecule has 0 radical (unpaired) electrons. The molecule has 2 rings (SSSR count). The van der Waals surface area contributed by atoms with E-state index >= 15 is 0 Å².